The Balaban J connectivity index is 0.00000242. The fraction of sp³-hybridized carbons (Fsp3) is 0.357. The number of hydrogen-bond acceptors (Lipinski definition) is 5. The molecule has 22 heavy (non-hydrogen) atoms. The van der Waals surface area contributed by atoms with Crippen LogP contribution in [-0.4, -0.2) is 40.6 Å². The third-order valence-corrected chi connectivity index (χ3v) is 3.16. The molecule has 0 saturated carbocycles. The topological polar surface area (TPSA) is 95.1 Å². The molecule has 7 nitrogen and oxygen atoms in total. The zero-order valence-corrected chi connectivity index (χ0v) is 13.6. The van der Waals surface area contributed by atoms with Gasteiger partial charge in [-0.2, -0.15) is 0 Å². The molecule has 0 radical (unpaired) electrons. The molecule has 2 rings (SSSR count). The number of ether oxygens (including phenoxy) is 1. The summed E-state index contributed by atoms with van der Waals surface area (Å²) in [6.07, 6.45) is 0. The van der Waals surface area contributed by atoms with Gasteiger partial charge in [-0.25, -0.2) is 4.68 Å². The van der Waals surface area contributed by atoms with Crippen molar-refractivity contribution < 1.29 is 9.53 Å². The number of halogens is 1. The average molecular weight is 326 g/mol. The quantitative estimate of drug-likeness (QED) is 0.857. The highest BCUT2D eigenvalue weighted by molar-refractivity contribution is 5.93. The predicted octanol–water partition coefficient (Wildman–Crippen LogP) is 1.08. The number of benzene rings is 1. The number of nitrogens with one attached hydrogen (secondary N) is 1. The summed E-state index contributed by atoms with van der Waals surface area (Å²) in [4.78, 5) is 12.1. The van der Waals surface area contributed by atoms with Crippen molar-refractivity contribution in [3.05, 3.63) is 35.7 Å². The van der Waals surface area contributed by atoms with E-state index in [-0.39, 0.29) is 24.4 Å². The molecule has 0 spiro atoms. The Hall–Kier alpha value is -2.12. The van der Waals surface area contributed by atoms with Gasteiger partial charge in [0, 0.05) is 12.6 Å². The molecule has 3 N–H and O–H groups in total. The zero-order valence-electron chi connectivity index (χ0n) is 12.7. The van der Waals surface area contributed by atoms with Gasteiger partial charge >= 0.3 is 0 Å². The third kappa shape index (κ3) is 3.75. The second-order valence-corrected chi connectivity index (χ2v) is 4.74. The standard InChI is InChI=1S/C14H19N5O2.ClH/c1-9(8-15)16-14(20)13-10(2)19(18-17-13)11-4-6-12(21-3)7-5-11;/h4-7,9H,8,15H2,1-3H3,(H,16,20);1H/t9-;/m0./s1. The highest BCUT2D eigenvalue weighted by atomic mass is 35.5. The molecular formula is C14H20ClN5O2. The first-order valence-corrected chi connectivity index (χ1v) is 6.64. The molecule has 2 aromatic rings. The number of carbonyl (C=O) groups excluding carboxylic acids is 1. The largest absolute Gasteiger partial charge is 0.497 e. The van der Waals surface area contributed by atoms with Crippen molar-refractivity contribution in [2.24, 2.45) is 5.73 Å². The molecule has 0 aliphatic heterocycles. The van der Waals surface area contributed by atoms with Crippen LogP contribution >= 0.6 is 12.4 Å². The molecule has 1 atom stereocenters. The highest BCUT2D eigenvalue weighted by Crippen LogP contribution is 2.16. The Morgan fingerprint density at radius 1 is 1.41 bits per heavy atom. The van der Waals surface area contributed by atoms with E-state index in [4.69, 9.17) is 10.5 Å². The first-order chi connectivity index (χ1) is 10.1. The summed E-state index contributed by atoms with van der Waals surface area (Å²) in [6.45, 7) is 4.00. The van der Waals surface area contributed by atoms with Crippen molar-refractivity contribution in [1.29, 1.82) is 0 Å². The highest BCUT2D eigenvalue weighted by Gasteiger charge is 2.18. The summed E-state index contributed by atoms with van der Waals surface area (Å²) in [5.41, 5.74) is 7.27. The van der Waals surface area contributed by atoms with Gasteiger partial charge in [0.15, 0.2) is 5.69 Å². The summed E-state index contributed by atoms with van der Waals surface area (Å²) >= 11 is 0. The van der Waals surface area contributed by atoms with Gasteiger partial charge in [0.2, 0.25) is 0 Å². The van der Waals surface area contributed by atoms with Gasteiger partial charge in [0.05, 0.1) is 18.5 Å². The molecule has 0 saturated heterocycles. The molecule has 0 unspecified atom stereocenters. The van der Waals surface area contributed by atoms with Gasteiger partial charge in [-0.15, -0.1) is 17.5 Å². The number of hydrogen-bond donors (Lipinski definition) is 2. The van der Waals surface area contributed by atoms with E-state index in [1.807, 2.05) is 31.2 Å². The molecule has 0 aliphatic carbocycles. The van der Waals surface area contributed by atoms with Gasteiger partial charge in [-0.05, 0) is 38.1 Å². The smallest absolute Gasteiger partial charge is 0.274 e. The normalized spacial score (nSPS) is 11.5. The van der Waals surface area contributed by atoms with E-state index < -0.39 is 0 Å². The van der Waals surface area contributed by atoms with E-state index in [9.17, 15) is 4.79 Å². The first kappa shape index (κ1) is 17.9. The van der Waals surface area contributed by atoms with Gasteiger partial charge in [-0.3, -0.25) is 4.79 Å². The molecule has 0 fully saturated rings. The minimum absolute atomic E-state index is 0. The lowest BCUT2D eigenvalue weighted by Gasteiger charge is -2.10. The van der Waals surface area contributed by atoms with Crippen LogP contribution in [-0.2, 0) is 0 Å². The van der Waals surface area contributed by atoms with Crippen molar-refractivity contribution in [2.45, 2.75) is 19.9 Å². The van der Waals surface area contributed by atoms with Crippen LogP contribution in [0.3, 0.4) is 0 Å². The number of amides is 1. The molecule has 1 amide bonds. The third-order valence-electron chi connectivity index (χ3n) is 3.16. The number of methoxy groups -OCH3 is 1. The second kappa shape index (κ2) is 7.77. The van der Waals surface area contributed by atoms with Crippen molar-refractivity contribution in [2.75, 3.05) is 13.7 Å². The molecular weight excluding hydrogens is 306 g/mol. The fourth-order valence-electron chi connectivity index (χ4n) is 1.86. The van der Waals surface area contributed by atoms with E-state index >= 15 is 0 Å². The Kier molecular flexibility index (Phi) is 6.33. The number of nitrogens with two attached hydrogens (primary N) is 1. The molecule has 8 heteroatoms. The minimum atomic E-state index is -0.273. The maximum absolute atomic E-state index is 12.1. The summed E-state index contributed by atoms with van der Waals surface area (Å²) in [7, 11) is 1.61. The summed E-state index contributed by atoms with van der Waals surface area (Å²) in [6, 6.07) is 7.25. The predicted molar refractivity (Wildman–Crippen MR) is 85.9 cm³/mol. The lowest BCUT2D eigenvalue weighted by Crippen LogP contribution is -2.38. The first-order valence-electron chi connectivity index (χ1n) is 6.64. The summed E-state index contributed by atoms with van der Waals surface area (Å²) in [5.74, 6) is 0.483. The van der Waals surface area contributed by atoms with Crippen molar-refractivity contribution in [1.82, 2.24) is 20.3 Å². The Labute approximate surface area is 135 Å². The monoisotopic (exact) mass is 325 g/mol. The van der Waals surface area contributed by atoms with Crippen LogP contribution in [0.4, 0.5) is 0 Å². The molecule has 120 valence electrons. The fourth-order valence-corrected chi connectivity index (χ4v) is 1.86. The maximum Gasteiger partial charge on any atom is 0.274 e. The van der Waals surface area contributed by atoms with Crippen LogP contribution in [0.25, 0.3) is 5.69 Å². The van der Waals surface area contributed by atoms with Crippen LogP contribution in [0.15, 0.2) is 24.3 Å². The van der Waals surface area contributed by atoms with Crippen LogP contribution in [0, 0.1) is 6.92 Å². The average Bonchev–Trinajstić information content (AvgIpc) is 2.89. The molecule has 0 bridgehead atoms. The van der Waals surface area contributed by atoms with Gasteiger partial charge in [0.25, 0.3) is 5.91 Å². The number of rotatable bonds is 5. The zero-order chi connectivity index (χ0) is 15.4. The van der Waals surface area contributed by atoms with Gasteiger partial charge in [-0.1, -0.05) is 5.21 Å². The minimum Gasteiger partial charge on any atom is -0.497 e. The molecule has 0 aliphatic rings. The van der Waals surface area contributed by atoms with E-state index in [2.05, 4.69) is 15.6 Å². The SMILES string of the molecule is COc1ccc(-n2nnc(C(=O)N[C@@H](C)CN)c2C)cc1.Cl. The Morgan fingerprint density at radius 2 is 2.05 bits per heavy atom. The van der Waals surface area contributed by atoms with Crippen molar-refractivity contribution in [3.63, 3.8) is 0 Å². The maximum atomic E-state index is 12.1. The Morgan fingerprint density at radius 3 is 2.59 bits per heavy atom. The van der Waals surface area contributed by atoms with Gasteiger partial charge < -0.3 is 15.8 Å². The number of carbonyl (C=O) groups is 1. The van der Waals surface area contributed by atoms with E-state index in [0.29, 0.717) is 17.9 Å². The van der Waals surface area contributed by atoms with Crippen LogP contribution in [0.1, 0.15) is 23.1 Å². The van der Waals surface area contributed by atoms with Crippen molar-refractivity contribution in [3.8, 4) is 11.4 Å². The lowest BCUT2D eigenvalue weighted by atomic mass is 10.2. The molecule has 1 aromatic heterocycles. The van der Waals surface area contributed by atoms with Crippen LogP contribution in [0.2, 0.25) is 0 Å². The van der Waals surface area contributed by atoms with Crippen LogP contribution in [0.5, 0.6) is 5.75 Å². The van der Waals surface area contributed by atoms with E-state index in [1.165, 1.54) is 0 Å². The summed E-state index contributed by atoms with van der Waals surface area (Å²) < 4.78 is 6.73. The van der Waals surface area contributed by atoms with Crippen molar-refractivity contribution >= 4 is 18.3 Å². The van der Waals surface area contributed by atoms with Gasteiger partial charge in [0.1, 0.15) is 5.75 Å². The molecule has 1 heterocycles. The number of nitrogens with zero attached hydrogens (tertiary/aromatic N) is 3. The van der Waals surface area contributed by atoms with E-state index in [1.54, 1.807) is 18.7 Å². The number of aromatic nitrogens is 3. The Bertz CT molecular complexity index is 627. The summed E-state index contributed by atoms with van der Waals surface area (Å²) in [5, 5.41) is 10.8. The molecule has 1 aromatic carbocycles. The lowest BCUT2D eigenvalue weighted by molar-refractivity contribution is 0.0935. The van der Waals surface area contributed by atoms with Crippen LogP contribution < -0.4 is 15.8 Å². The second-order valence-electron chi connectivity index (χ2n) is 4.74. The van der Waals surface area contributed by atoms with E-state index in [0.717, 1.165) is 11.4 Å².